The van der Waals surface area contributed by atoms with Crippen LogP contribution in [0.25, 0.3) is 0 Å². The van der Waals surface area contributed by atoms with E-state index in [-0.39, 0.29) is 54.9 Å². The smallest absolute Gasteiger partial charge is 0.238 e. The quantitative estimate of drug-likeness (QED) is 0.655. The van der Waals surface area contributed by atoms with Gasteiger partial charge >= 0.3 is 0 Å². The summed E-state index contributed by atoms with van der Waals surface area (Å²) in [7, 11) is -2.92. The average molecular weight is 494 g/mol. The number of carbonyl (C=O) groups is 1. The number of rotatable bonds is 6. The summed E-state index contributed by atoms with van der Waals surface area (Å²) in [4.78, 5) is 16.7. The Morgan fingerprint density at radius 1 is 0.968 bits per heavy atom. The van der Waals surface area contributed by atoms with Crippen LogP contribution >= 0.6 is 24.8 Å². The molecule has 0 spiro atoms. The van der Waals surface area contributed by atoms with E-state index in [1.54, 1.807) is 0 Å². The van der Waals surface area contributed by atoms with Crippen molar-refractivity contribution in [3.63, 3.8) is 0 Å². The maximum Gasteiger partial charge on any atom is 0.238 e. The van der Waals surface area contributed by atoms with Crippen LogP contribution in [0.15, 0.2) is 24.3 Å². The summed E-state index contributed by atoms with van der Waals surface area (Å²) in [5, 5.41) is 2.88. The SMILES string of the molecule is Cl.Cl.O=C(CN1CCS(=O)(=O)CC1)Nc1ccc(OC2CCN(C3CCC3)CC2)cc1. The van der Waals surface area contributed by atoms with Crippen molar-refractivity contribution < 1.29 is 17.9 Å². The summed E-state index contributed by atoms with van der Waals surface area (Å²) >= 11 is 0. The minimum atomic E-state index is -2.92. The molecule has 1 aliphatic carbocycles. The minimum Gasteiger partial charge on any atom is -0.490 e. The van der Waals surface area contributed by atoms with Gasteiger partial charge in [-0.15, -0.1) is 24.8 Å². The maximum absolute atomic E-state index is 12.2. The van der Waals surface area contributed by atoms with Crippen molar-refractivity contribution >= 4 is 46.2 Å². The van der Waals surface area contributed by atoms with Crippen LogP contribution in [-0.4, -0.2) is 80.5 Å². The molecule has 2 saturated heterocycles. The normalized spacial score (nSPS) is 22.5. The van der Waals surface area contributed by atoms with Gasteiger partial charge in [-0.1, -0.05) is 6.42 Å². The van der Waals surface area contributed by atoms with Gasteiger partial charge in [-0.05, 0) is 49.9 Å². The van der Waals surface area contributed by atoms with Crippen LogP contribution in [0.4, 0.5) is 5.69 Å². The van der Waals surface area contributed by atoms with Gasteiger partial charge in [-0.25, -0.2) is 8.42 Å². The van der Waals surface area contributed by atoms with E-state index in [0.717, 1.165) is 43.4 Å². The fraction of sp³-hybridized carbons (Fsp3) is 0.667. The lowest BCUT2D eigenvalue weighted by molar-refractivity contribution is -0.117. The molecule has 176 valence electrons. The molecule has 0 aromatic heterocycles. The Bertz CT molecular complexity index is 796. The van der Waals surface area contributed by atoms with E-state index >= 15 is 0 Å². The third-order valence-corrected chi connectivity index (χ3v) is 7.92. The van der Waals surface area contributed by atoms with Gasteiger partial charge in [-0.2, -0.15) is 0 Å². The van der Waals surface area contributed by atoms with Gasteiger partial charge in [-0.3, -0.25) is 9.69 Å². The first kappa shape index (κ1) is 26.2. The number of likely N-dealkylation sites (tertiary alicyclic amines) is 1. The molecule has 1 aromatic rings. The van der Waals surface area contributed by atoms with Gasteiger partial charge < -0.3 is 15.0 Å². The largest absolute Gasteiger partial charge is 0.490 e. The molecule has 31 heavy (non-hydrogen) atoms. The fourth-order valence-corrected chi connectivity index (χ4v) is 5.51. The van der Waals surface area contributed by atoms with Crippen molar-refractivity contribution in [2.45, 2.75) is 44.2 Å². The second-order valence-corrected chi connectivity index (χ2v) is 10.7. The van der Waals surface area contributed by atoms with Crippen molar-refractivity contribution in [3.05, 3.63) is 24.3 Å². The van der Waals surface area contributed by atoms with Gasteiger partial charge in [0.1, 0.15) is 11.9 Å². The highest BCUT2D eigenvalue weighted by Gasteiger charge is 2.29. The van der Waals surface area contributed by atoms with Crippen LogP contribution in [0.2, 0.25) is 0 Å². The second-order valence-electron chi connectivity index (χ2n) is 8.44. The number of hydrogen-bond donors (Lipinski definition) is 1. The fourth-order valence-electron chi connectivity index (χ4n) is 4.23. The number of amides is 1. The lowest BCUT2D eigenvalue weighted by atomic mass is 9.90. The Balaban J connectivity index is 0.00000171. The molecule has 0 unspecified atom stereocenters. The monoisotopic (exact) mass is 493 g/mol. The van der Waals surface area contributed by atoms with Gasteiger partial charge in [0, 0.05) is 37.9 Å². The highest BCUT2D eigenvalue weighted by atomic mass is 35.5. The third-order valence-electron chi connectivity index (χ3n) is 6.31. The zero-order valence-electron chi connectivity index (χ0n) is 17.7. The number of piperidine rings is 1. The van der Waals surface area contributed by atoms with Crippen molar-refractivity contribution in [2.75, 3.05) is 49.5 Å². The Kier molecular flexibility index (Phi) is 9.89. The molecule has 10 heteroatoms. The van der Waals surface area contributed by atoms with Crippen molar-refractivity contribution in [3.8, 4) is 5.75 Å². The number of nitrogens with zero attached hydrogens (tertiary/aromatic N) is 2. The topological polar surface area (TPSA) is 79.0 Å². The summed E-state index contributed by atoms with van der Waals surface area (Å²) in [6.07, 6.45) is 6.50. The minimum absolute atomic E-state index is 0. The van der Waals surface area contributed by atoms with Crippen LogP contribution in [0.3, 0.4) is 0 Å². The van der Waals surface area contributed by atoms with Crippen LogP contribution in [0.1, 0.15) is 32.1 Å². The van der Waals surface area contributed by atoms with Gasteiger partial charge in [0.05, 0.1) is 18.1 Å². The van der Waals surface area contributed by atoms with E-state index in [2.05, 4.69) is 10.2 Å². The van der Waals surface area contributed by atoms with Crippen molar-refractivity contribution in [2.24, 2.45) is 0 Å². The lowest BCUT2D eigenvalue weighted by Crippen LogP contribution is -2.46. The Morgan fingerprint density at radius 3 is 2.13 bits per heavy atom. The zero-order valence-corrected chi connectivity index (χ0v) is 20.2. The number of hydrogen-bond acceptors (Lipinski definition) is 6. The molecule has 1 N–H and O–H groups in total. The molecule has 4 rings (SSSR count). The number of sulfone groups is 1. The van der Waals surface area contributed by atoms with Gasteiger partial charge in [0.2, 0.25) is 5.91 Å². The van der Waals surface area contributed by atoms with Gasteiger partial charge in [0.25, 0.3) is 0 Å². The first-order valence-electron chi connectivity index (χ1n) is 10.7. The molecular formula is C21H33Cl2N3O4S. The number of halogens is 2. The Morgan fingerprint density at radius 2 is 1.58 bits per heavy atom. The van der Waals surface area contributed by atoms with E-state index in [9.17, 15) is 13.2 Å². The number of nitrogens with one attached hydrogen (secondary N) is 1. The summed E-state index contributed by atoms with van der Waals surface area (Å²) in [5.41, 5.74) is 0.729. The molecule has 2 aliphatic heterocycles. The molecule has 2 heterocycles. The Hall–Kier alpha value is -1.06. The molecule has 3 aliphatic rings. The summed E-state index contributed by atoms with van der Waals surface area (Å²) < 4.78 is 29.1. The molecule has 1 saturated carbocycles. The first-order chi connectivity index (χ1) is 14.0. The van der Waals surface area contributed by atoms with E-state index < -0.39 is 9.84 Å². The number of ether oxygens (including phenoxy) is 1. The molecular weight excluding hydrogens is 461 g/mol. The third kappa shape index (κ3) is 7.49. The molecule has 0 bridgehead atoms. The molecule has 1 aromatic carbocycles. The highest BCUT2D eigenvalue weighted by molar-refractivity contribution is 7.91. The molecule has 7 nitrogen and oxygen atoms in total. The molecule has 0 radical (unpaired) electrons. The van der Waals surface area contributed by atoms with E-state index in [1.165, 1.54) is 19.3 Å². The summed E-state index contributed by atoms with van der Waals surface area (Å²) in [5.74, 6) is 0.977. The standard InChI is InChI=1S/C21H31N3O4S.2ClH/c25-21(16-23-12-14-29(26,27)15-13-23)22-17-4-6-19(7-5-17)28-20-8-10-24(11-9-20)18-2-1-3-18;;/h4-7,18,20H,1-3,8-16H2,(H,22,25);2*1H. The number of benzene rings is 1. The molecule has 3 fully saturated rings. The van der Waals surface area contributed by atoms with Gasteiger partial charge in [0.15, 0.2) is 9.84 Å². The second kappa shape index (κ2) is 11.7. The number of carbonyl (C=O) groups excluding carboxylic acids is 1. The highest BCUT2D eigenvalue weighted by Crippen LogP contribution is 2.28. The van der Waals surface area contributed by atoms with Crippen LogP contribution in [0, 0.1) is 0 Å². The van der Waals surface area contributed by atoms with Crippen LogP contribution in [-0.2, 0) is 14.6 Å². The van der Waals surface area contributed by atoms with Crippen molar-refractivity contribution in [1.29, 1.82) is 0 Å². The summed E-state index contributed by atoms with van der Waals surface area (Å²) in [6, 6.07) is 8.34. The molecule has 1 amide bonds. The first-order valence-corrected chi connectivity index (χ1v) is 12.5. The predicted molar refractivity (Wildman–Crippen MR) is 128 cm³/mol. The Labute approximate surface area is 197 Å². The zero-order chi connectivity index (χ0) is 20.3. The average Bonchev–Trinajstić information content (AvgIpc) is 2.65. The predicted octanol–water partition coefficient (Wildman–Crippen LogP) is 2.59. The van der Waals surface area contributed by atoms with Crippen molar-refractivity contribution in [1.82, 2.24) is 9.80 Å². The number of anilines is 1. The van der Waals surface area contributed by atoms with Crippen LogP contribution in [0.5, 0.6) is 5.75 Å². The van der Waals surface area contributed by atoms with Crippen LogP contribution < -0.4 is 10.1 Å². The molecule has 0 atom stereocenters. The summed E-state index contributed by atoms with van der Waals surface area (Å²) in [6.45, 7) is 3.31. The lowest BCUT2D eigenvalue weighted by Gasteiger charge is -2.41. The van der Waals surface area contributed by atoms with E-state index in [1.807, 2.05) is 29.2 Å². The maximum atomic E-state index is 12.2. The van der Waals surface area contributed by atoms with E-state index in [0.29, 0.717) is 13.1 Å². The van der Waals surface area contributed by atoms with E-state index in [4.69, 9.17) is 4.74 Å².